The normalized spacial score (nSPS) is 26.2. The summed E-state index contributed by atoms with van der Waals surface area (Å²) in [7, 11) is 0. The fourth-order valence-corrected chi connectivity index (χ4v) is 5.11. The second-order valence-electron chi connectivity index (χ2n) is 10.0. The molecule has 6 heteroatoms. The molecule has 0 saturated carbocycles. The molecule has 0 unspecified atom stereocenters. The van der Waals surface area contributed by atoms with Crippen LogP contribution in [0.5, 0.6) is 0 Å². The van der Waals surface area contributed by atoms with Crippen LogP contribution in [0.2, 0.25) is 0 Å². The highest BCUT2D eigenvalue weighted by Gasteiger charge is 2.51. The van der Waals surface area contributed by atoms with Crippen LogP contribution in [0.25, 0.3) is 0 Å². The van der Waals surface area contributed by atoms with Gasteiger partial charge in [-0.05, 0) is 16.7 Å². The summed E-state index contributed by atoms with van der Waals surface area (Å²) in [6, 6.07) is 40.2. The predicted molar refractivity (Wildman–Crippen MR) is 150 cm³/mol. The van der Waals surface area contributed by atoms with Crippen molar-refractivity contribution in [3.05, 3.63) is 144 Å². The van der Waals surface area contributed by atoms with Crippen LogP contribution in [-0.4, -0.2) is 37.3 Å². The Labute approximate surface area is 235 Å². The third-order valence-corrected chi connectivity index (χ3v) is 7.18. The first kappa shape index (κ1) is 26.8. The van der Waals surface area contributed by atoms with E-state index in [9.17, 15) is 0 Å². The van der Waals surface area contributed by atoms with Gasteiger partial charge in [0, 0.05) is 5.56 Å². The number of fused-ring (bicyclic) bond motifs is 1. The van der Waals surface area contributed by atoms with Crippen molar-refractivity contribution in [3.63, 3.8) is 0 Å². The minimum absolute atomic E-state index is 0.353. The summed E-state index contributed by atoms with van der Waals surface area (Å²) in [6.45, 7) is 1.53. The molecule has 6 atom stereocenters. The molecule has 2 saturated heterocycles. The minimum atomic E-state index is -0.675. The van der Waals surface area contributed by atoms with Crippen LogP contribution in [0.4, 0.5) is 0 Å². The first-order valence-electron chi connectivity index (χ1n) is 13.8. The standard InChI is InChI=1S/C34H34O6/c1-5-13-25(14-6-1)21-35-31-30-29(24-38-33(40-30)28-19-11-4-12-20-28)39-34(37-23-27-17-9-3-10-18-27)32(31)36-22-26-15-7-2-8-16-26/h1-20,29-34H,21-24H2/t29-,30-,31+,32+,33+,34-/m1/s1. The maximum atomic E-state index is 6.64. The predicted octanol–water partition coefficient (Wildman–Crippen LogP) is 6.21. The zero-order valence-electron chi connectivity index (χ0n) is 22.3. The molecule has 0 N–H and O–H groups in total. The maximum absolute atomic E-state index is 6.64. The molecule has 206 valence electrons. The lowest BCUT2D eigenvalue weighted by Gasteiger charge is -2.49. The second-order valence-corrected chi connectivity index (χ2v) is 10.0. The number of hydrogen-bond donors (Lipinski definition) is 0. The zero-order chi connectivity index (χ0) is 27.0. The highest BCUT2D eigenvalue weighted by Crippen LogP contribution is 2.37. The Hall–Kier alpha value is -3.36. The fraction of sp³-hybridized carbons (Fsp3) is 0.294. The molecule has 2 heterocycles. The number of ether oxygens (including phenoxy) is 6. The minimum Gasteiger partial charge on any atom is -0.368 e. The largest absolute Gasteiger partial charge is 0.368 e. The molecule has 0 aromatic heterocycles. The Morgan fingerprint density at radius 1 is 0.525 bits per heavy atom. The number of rotatable bonds is 10. The van der Waals surface area contributed by atoms with Gasteiger partial charge in [0.25, 0.3) is 0 Å². The summed E-state index contributed by atoms with van der Waals surface area (Å²) in [5.74, 6) is 0. The Bertz CT molecular complexity index is 1290. The van der Waals surface area contributed by atoms with E-state index in [0.29, 0.717) is 26.4 Å². The van der Waals surface area contributed by atoms with Crippen LogP contribution in [-0.2, 0) is 48.2 Å². The Morgan fingerprint density at radius 2 is 1.00 bits per heavy atom. The molecule has 0 spiro atoms. The molecule has 2 fully saturated rings. The van der Waals surface area contributed by atoms with Crippen LogP contribution in [0.15, 0.2) is 121 Å². The van der Waals surface area contributed by atoms with E-state index in [1.54, 1.807) is 0 Å². The van der Waals surface area contributed by atoms with E-state index in [2.05, 4.69) is 12.1 Å². The van der Waals surface area contributed by atoms with Gasteiger partial charge in [0.2, 0.25) is 0 Å². The SMILES string of the molecule is c1ccc(CO[C@@H]2O[C@@H]3CO[C@H](c4ccccc4)O[C@H]3[C@H](OCc3ccccc3)[C@@H]2OCc2ccccc2)cc1. The second kappa shape index (κ2) is 13.3. The van der Waals surface area contributed by atoms with Gasteiger partial charge in [-0.1, -0.05) is 121 Å². The van der Waals surface area contributed by atoms with Gasteiger partial charge < -0.3 is 28.4 Å². The molecule has 0 amide bonds. The Kier molecular flexibility index (Phi) is 8.95. The summed E-state index contributed by atoms with van der Waals surface area (Å²) in [6.07, 6.45) is -2.99. The molecule has 0 aliphatic carbocycles. The third kappa shape index (κ3) is 6.67. The summed E-state index contributed by atoms with van der Waals surface area (Å²) < 4.78 is 38.8. The van der Waals surface area contributed by atoms with Crippen LogP contribution in [0, 0.1) is 0 Å². The Morgan fingerprint density at radius 3 is 1.55 bits per heavy atom. The summed E-state index contributed by atoms with van der Waals surface area (Å²) in [4.78, 5) is 0. The molecule has 40 heavy (non-hydrogen) atoms. The molecular weight excluding hydrogens is 504 g/mol. The van der Waals surface area contributed by atoms with Crippen molar-refractivity contribution < 1.29 is 28.4 Å². The van der Waals surface area contributed by atoms with Crippen molar-refractivity contribution in [2.45, 2.75) is 56.8 Å². The molecule has 4 aromatic carbocycles. The van der Waals surface area contributed by atoms with E-state index in [1.165, 1.54) is 0 Å². The average Bonchev–Trinajstić information content (AvgIpc) is 3.03. The van der Waals surface area contributed by atoms with Crippen molar-refractivity contribution in [1.82, 2.24) is 0 Å². The highest BCUT2D eigenvalue weighted by molar-refractivity contribution is 5.18. The highest BCUT2D eigenvalue weighted by atomic mass is 16.8. The van der Waals surface area contributed by atoms with Crippen molar-refractivity contribution in [2.75, 3.05) is 6.61 Å². The van der Waals surface area contributed by atoms with Crippen LogP contribution in [0.1, 0.15) is 28.5 Å². The van der Waals surface area contributed by atoms with Gasteiger partial charge in [0.1, 0.15) is 24.4 Å². The van der Waals surface area contributed by atoms with Gasteiger partial charge >= 0.3 is 0 Å². The van der Waals surface area contributed by atoms with E-state index in [1.807, 2.05) is 109 Å². The zero-order valence-corrected chi connectivity index (χ0v) is 22.3. The van der Waals surface area contributed by atoms with Crippen molar-refractivity contribution in [3.8, 4) is 0 Å². The van der Waals surface area contributed by atoms with Crippen molar-refractivity contribution >= 4 is 0 Å². The summed E-state index contributed by atoms with van der Waals surface area (Å²) in [5, 5.41) is 0. The van der Waals surface area contributed by atoms with Gasteiger partial charge in [0.05, 0.1) is 26.4 Å². The molecule has 0 bridgehead atoms. The lowest BCUT2D eigenvalue weighted by Crippen LogP contribution is -2.63. The monoisotopic (exact) mass is 538 g/mol. The molecular formula is C34H34O6. The summed E-state index contributed by atoms with van der Waals surface area (Å²) >= 11 is 0. The third-order valence-electron chi connectivity index (χ3n) is 7.18. The lowest BCUT2D eigenvalue weighted by atomic mass is 9.97. The quantitative estimate of drug-likeness (QED) is 0.239. The van der Waals surface area contributed by atoms with Crippen LogP contribution in [0.3, 0.4) is 0 Å². The van der Waals surface area contributed by atoms with Crippen LogP contribution < -0.4 is 0 Å². The van der Waals surface area contributed by atoms with E-state index < -0.39 is 30.9 Å². The summed E-state index contributed by atoms with van der Waals surface area (Å²) in [5.41, 5.74) is 4.13. The molecule has 2 aliphatic rings. The maximum Gasteiger partial charge on any atom is 0.187 e. The van der Waals surface area contributed by atoms with E-state index in [0.717, 1.165) is 22.3 Å². The van der Waals surface area contributed by atoms with E-state index in [4.69, 9.17) is 28.4 Å². The average molecular weight is 539 g/mol. The van der Waals surface area contributed by atoms with E-state index in [-0.39, 0.29) is 6.10 Å². The Balaban J connectivity index is 1.27. The van der Waals surface area contributed by atoms with Crippen molar-refractivity contribution in [1.29, 1.82) is 0 Å². The topological polar surface area (TPSA) is 55.4 Å². The number of hydrogen-bond acceptors (Lipinski definition) is 6. The fourth-order valence-electron chi connectivity index (χ4n) is 5.11. The van der Waals surface area contributed by atoms with Gasteiger partial charge in [-0.15, -0.1) is 0 Å². The first-order chi connectivity index (χ1) is 19.8. The van der Waals surface area contributed by atoms with Gasteiger partial charge in [0.15, 0.2) is 12.6 Å². The lowest BCUT2D eigenvalue weighted by molar-refractivity contribution is -0.374. The van der Waals surface area contributed by atoms with E-state index >= 15 is 0 Å². The van der Waals surface area contributed by atoms with Crippen molar-refractivity contribution in [2.24, 2.45) is 0 Å². The molecule has 6 rings (SSSR count). The molecule has 0 radical (unpaired) electrons. The van der Waals surface area contributed by atoms with Gasteiger partial charge in [-0.25, -0.2) is 0 Å². The molecule has 4 aromatic rings. The molecule has 2 aliphatic heterocycles. The van der Waals surface area contributed by atoms with Gasteiger partial charge in [-0.3, -0.25) is 0 Å². The smallest absolute Gasteiger partial charge is 0.187 e. The van der Waals surface area contributed by atoms with Crippen LogP contribution >= 0.6 is 0 Å². The number of benzene rings is 4. The first-order valence-corrected chi connectivity index (χ1v) is 13.8. The van der Waals surface area contributed by atoms with Gasteiger partial charge in [-0.2, -0.15) is 0 Å². The molecule has 6 nitrogen and oxygen atoms in total.